The fourth-order valence-electron chi connectivity index (χ4n) is 3.23. The third-order valence-electron chi connectivity index (χ3n) is 4.44. The molecular weight excluding hydrogens is 349 g/mol. The fourth-order valence-corrected chi connectivity index (χ4v) is 5.08. The largest absolute Gasteiger partial charge is 0.361 e. The molecular formula is C21H16FNO2S. The van der Waals surface area contributed by atoms with Crippen LogP contribution in [0.3, 0.4) is 0 Å². The van der Waals surface area contributed by atoms with Gasteiger partial charge in [0, 0.05) is 22.7 Å². The molecule has 4 aromatic rings. The van der Waals surface area contributed by atoms with Crippen molar-refractivity contribution in [1.29, 1.82) is 0 Å². The van der Waals surface area contributed by atoms with Crippen LogP contribution >= 0.6 is 0 Å². The number of benzene rings is 3. The monoisotopic (exact) mass is 365 g/mol. The third-order valence-corrected chi connectivity index (χ3v) is 6.52. The normalized spacial score (nSPS) is 13.0. The van der Waals surface area contributed by atoms with E-state index < -0.39 is 20.9 Å². The number of nitrogens with one attached hydrogen (secondary N) is 1. The lowest BCUT2D eigenvalue weighted by Gasteiger charge is -2.18. The van der Waals surface area contributed by atoms with Gasteiger partial charge in [0.1, 0.15) is 11.1 Å². The zero-order chi connectivity index (χ0) is 18.1. The molecule has 1 unspecified atom stereocenters. The summed E-state index contributed by atoms with van der Waals surface area (Å²) in [7, 11) is -3.72. The number of hydrogen-bond acceptors (Lipinski definition) is 2. The van der Waals surface area contributed by atoms with Gasteiger partial charge in [-0.25, -0.2) is 12.8 Å². The summed E-state index contributed by atoms with van der Waals surface area (Å²) in [6, 6.07) is 21.7. The Morgan fingerprint density at radius 2 is 1.50 bits per heavy atom. The van der Waals surface area contributed by atoms with E-state index >= 15 is 0 Å². The molecule has 1 aromatic heterocycles. The molecule has 0 aliphatic rings. The lowest BCUT2D eigenvalue weighted by Crippen LogP contribution is -2.15. The number of hydrogen-bond donors (Lipinski definition) is 1. The molecule has 0 aliphatic heterocycles. The van der Waals surface area contributed by atoms with Crippen LogP contribution in [0.2, 0.25) is 0 Å². The molecule has 0 saturated carbocycles. The second-order valence-electron chi connectivity index (χ2n) is 6.08. The Hall–Kier alpha value is -2.92. The van der Waals surface area contributed by atoms with Gasteiger partial charge < -0.3 is 4.98 Å². The first-order valence-electron chi connectivity index (χ1n) is 8.18. The van der Waals surface area contributed by atoms with E-state index in [1.165, 1.54) is 12.1 Å². The SMILES string of the molecule is O=S(=O)(c1ccccc1)C(c1ccccc1)c1c[nH]c2ccc(F)cc12. The van der Waals surface area contributed by atoms with Gasteiger partial charge in [0.2, 0.25) is 0 Å². The number of halogens is 1. The number of aromatic nitrogens is 1. The molecule has 26 heavy (non-hydrogen) atoms. The van der Waals surface area contributed by atoms with Crippen molar-refractivity contribution in [3.63, 3.8) is 0 Å². The average molecular weight is 365 g/mol. The third kappa shape index (κ3) is 2.80. The molecule has 4 rings (SSSR count). The predicted molar refractivity (Wildman–Crippen MR) is 100 cm³/mol. The van der Waals surface area contributed by atoms with Gasteiger partial charge in [0.15, 0.2) is 9.84 Å². The van der Waals surface area contributed by atoms with Crippen LogP contribution in [0.4, 0.5) is 4.39 Å². The number of aromatic amines is 1. The van der Waals surface area contributed by atoms with E-state index in [4.69, 9.17) is 0 Å². The summed E-state index contributed by atoms with van der Waals surface area (Å²) in [5.41, 5.74) is 1.88. The molecule has 0 aliphatic carbocycles. The van der Waals surface area contributed by atoms with Crippen LogP contribution in [0.25, 0.3) is 10.9 Å². The molecule has 1 heterocycles. The van der Waals surface area contributed by atoms with Gasteiger partial charge in [-0.3, -0.25) is 0 Å². The van der Waals surface area contributed by atoms with Crippen molar-refractivity contribution in [2.24, 2.45) is 0 Å². The Morgan fingerprint density at radius 3 is 2.19 bits per heavy atom. The molecule has 5 heteroatoms. The number of fused-ring (bicyclic) bond motifs is 1. The quantitative estimate of drug-likeness (QED) is 0.561. The van der Waals surface area contributed by atoms with E-state index in [2.05, 4.69) is 4.98 Å². The van der Waals surface area contributed by atoms with E-state index in [0.717, 1.165) is 0 Å². The van der Waals surface area contributed by atoms with Crippen molar-refractivity contribution in [2.75, 3.05) is 0 Å². The van der Waals surface area contributed by atoms with Gasteiger partial charge in [-0.05, 0) is 35.9 Å². The van der Waals surface area contributed by atoms with E-state index in [0.29, 0.717) is 22.0 Å². The Balaban J connectivity index is 1.99. The molecule has 0 spiro atoms. The first-order valence-corrected chi connectivity index (χ1v) is 9.72. The topological polar surface area (TPSA) is 49.9 Å². The van der Waals surface area contributed by atoms with E-state index in [-0.39, 0.29) is 4.90 Å². The minimum absolute atomic E-state index is 0.236. The molecule has 0 fully saturated rings. The van der Waals surface area contributed by atoms with Crippen molar-refractivity contribution in [3.05, 3.63) is 102 Å². The maximum absolute atomic E-state index is 13.8. The van der Waals surface area contributed by atoms with Crippen LogP contribution in [0.15, 0.2) is 90.0 Å². The Morgan fingerprint density at radius 1 is 0.846 bits per heavy atom. The van der Waals surface area contributed by atoms with Crippen LogP contribution in [-0.4, -0.2) is 13.4 Å². The second kappa shape index (κ2) is 6.42. The zero-order valence-electron chi connectivity index (χ0n) is 13.8. The van der Waals surface area contributed by atoms with Gasteiger partial charge >= 0.3 is 0 Å². The molecule has 0 radical (unpaired) electrons. The zero-order valence-corrected chi connectivity index (χ0v) is 14.6. The lowest BCUT2D eigenvalue weighted by atomic mass is 10.0. The summed E-state index contributed by atoms with van der Waals surface area (Å²) in [5, 5.41) is -0.361. The first kappa shape index (κ1) is 16.5. The maximum atomic E-state index is 13.8. The summed E-state index contributed by atoms with van der Waals surface area (Å²) in [5.74, 6) is -0.401. The molecule has 0 saturated heterocycles. The van der Waals surface area contributed by atoms with Gasteiger partial charge in [-0.15, -0.1) is 0 Å². The highest BCUT2D eigenvalue weighted by molar-refractivity contribution is 7.92. The van der Waals surface area contributed by atoms with Crippen LogP contribution in [-0.2, 0) is 9.84 Å². The summed E-state index contributed by atoms with van der Waals surface area (Å²) >= 11 is 0. The molecule has 0 amide bonds. The molecule has 3 aromatic carbocycles. The van der Waals surface area contributed by atoms with Crippen molar-refractivity contribution in [3.8, 4) is 0 Å². The minimum atomic E-state index is -3.72. The second-order valence-corrected chi connectivity index (χ2v) is 8.12. The minimum Gasteiger partial charge on any atom is -0.361 e. The smallest absolute Gasteiger partial charge is 0.189 e. The van der Waals surface area contributed by atoms with Gasteiger partial charge in [0.05, 0.1) is 4.90 Å². The van der Waals surface area contributed by atoms with Crippen LogP contribution in [0.5, 0.6) is 0 Å². The molecule has 3 nitrogen and oxygen atoms in total. The highest BCUT2D eigenvalue weighted by Crippen LogP contribution is 2.38. The summed E-state index contributed by atoms with van der Waals surface area (Å²) in [6.45, 7) is 0. The number of rotatable bonds is 4. The van der Waals surface area contributed by atoms with Crippen molar-refractivity contribution >= 4 is 20.7 Å². The predicted octanol–water partition coefficient (Wildman–Crippen LogP) is 4.87. The Kier molecular flexibility index (Phi) is 4.09. The van der Waals surface area contributed by atoms with Gasteiger partial charge in [0.25, 0.3) is 0 Å². The summed E-state index contributed by atoms with van der Waals surface area (Å²) < 4.78 is 40.7. The number of sulfone groups is 1. The highest BCUT2D eigenvalue weighted by Gasteiger charge is 2.32. The molecule has 0 bridgehead atoms. The van der Waals surface area contributed by atoms with Gasteiger partial charge in [-0.2, -0.15) is 0 Å². The molecule has 1 N–H and O–H groups in total. The highest BCUT2D eigenvalue weighted by atomic mass is 32.2. The van der Waals surface area contributed by atoms with Crippen LogP contribution < -0.4 is 0 Å². The van der Waals surface area contributed by atoms with Crippen LogP contribution in [0.1, 0.15) is 16.4 Å². The number of H-pyrrole nitrogens is 1. The van der Waals surface area contributed by atoms with Crippen LogP contribution in [0, 0.1) is 5.82 Å². The lowest BCUT2D eigenvalue weighted by molar-refractivity contribution is 0.589. The Bertz CT molecular complexity index is 1150. The van der Waals surface area contributed by atoms with E-state index in [1.807, 2.05) is 6.07 Å². The summed E-state index contributed by atoms with van der Waals surface area (Å²) in [4.78, 5) is 3.29. The Labute approximate surface area is 151 Å². The maximum Gasteiger partial charge on any atom is 0.189 e. The van der Waals surface area contributed by atoms with Crippen molar-refractivity contribution < 1.29 is 12.8 Å². The molecule has 130 valence electrons. The first-order chi connectivity index (χ1) is 12.6. The molecule has 1 atom stereocenters. The van der Waals surface area contributed by atoms with E-state index in [9.17, 15) is 12.8 Å². The fraction of sp³-hybridized carbons (Fsp3) is 0.0476. The standard InChI is InChI=1S/C21H16FNO2S/c22-16-11-12-20-18(13-16)19(14-23-20)21(15-7-3-1-4-8-15)26(24,25)17-9-5-2-6-10-17/h1-14,21,23H. The van der Waals surface area contributed by atoms with Crippen molar-refractivity contribution in [1.82, 2.24) is 4.98 Å². The van der Waals surface area contributed by atoms with Gasteiger partial charge in [-0.1, -0.05) is 48.5 Å². The van der Waals surface area contributed by atoms with E-state index in [1.54, 1.807) is 66.9 Å². The van der Waals surface area contributed by atoms with Crippen molar-refractivity contribution in [2.45, 2.75) is 10.1 Å². The average Bonchev–Trinajstić information content (AvgIpc) is 3.06. The summed E-state index contributed by atoms with van der Waals surface area (Å²) in [6.07, 6.45) is 1.66.